The van der Waals surface area contributed by atoms with Crippen LogP contribution in [0, 0.1) is 5.82 Å². The van der Waals surface area contributed by atoms with E-state index < -0.39 is 0 Å². The van der Waals surface area contributed by atoms with Crippen molar-refractivity contribution in [2.24, 2.45) is 0 Å². The highest BCUT2D eigenvalue weighted by Gasteiger charge is 2.17. The average Bonchev–Trinajstić information content (AvgIpc) is 2.89. The quantitative estimate of drug-likeness (QED) is 0.725. The summed E-state index contributed by atoms with van der Waals surface area (Å²) in [5.41, 5.74) is 4.53. The Kier molecular flexibility index (Phi) is 2.49. The second-order valence-corrected chi connectivity index (χ2v) is 4.99. The molecule has 0 saturated carbocycles. The van der Waals surface area contributed by atoms with Gasteiger partial charge in [0.15, 0.2) is 5.58 Å². The molecular weight excluding hydrogens is 255 g/mol. The van der Waals surface area contributed by atoms with Gasteiger partial charge in [0.2, 0.25) is 5.89 Å². The maximum atomic E-state index is 13.2. The summed E-state index contributed by atoms with van der Waals surface area (Å²) in [7, 11) is 0. The lowest BCUT2D eigenvalue weighted by Gasteiger charge is -2.19. The van der Waals surface area contributed by atoms with E-state index in [9.17, 15) is 4.39 Å². The Balaban J connectivity index is 1.90. The van der Waals surface area contributed by atoms with Crippen molar-refractivity contribution in [2.45, 2.75) is 12.8 Å². The minimum Gasteiger partial charge on any atom is -0.436 e. The van der Waals surface area contributed by atoms with Crippen molar-refractivity contribution in [3.63, 3.8) is 0 Å². The Morgan fingerprint density at radius 1 is 1.20 bits per heavy atom. The molecule has 20 heavy (non-hydrogen) atoms. The molecule has 0 aliphatic carbocycles. The molecule has 3 aromatic rings. The third-order valence-electron chi connectivity index (χ3n) is 3.68. The molecule has 3 nitrogen and oxygen atoms in total. The minimum atomic E-state index is -0.297. The molecule has 100 valence electrons. The lowest BCUT2D eigenvalue weighted by Crippen LogP contribution is -2.12. The highest BCUT2D eigenvalue weighted by atomic mass is 19.1. The molecule has 1 N–H and O–H groups in total. The Morgan fingerprint density at radius 3 is 3.10 bits per heavy atom. The molecule has 2 heterocycles. The Bertz CT molecular complexity index is 794. The van der Waals surface area contributed by atoms with Gasteiger partial charge >= 0.3 is 0 Å². The predicted molar refractivity (Wildman–Crippen MR) is 76.2 cm³/mol. The van der Waals surface area contributed by atoms with Gasteiger partial charge in [-0.25, -0.2) is 9.37 Å². The second kappa shape index (κ2) is 4.34. The van der Waals surface area contributed by atoms with E-state index in [2.05, 4.69) is 16.4 Å². The van der Waals surface area contributed by atoms with Crippen molar-refractivity contribution in [1.29, 1.82) is 0 Å². The van der Waals surface area contributed by atoms with E-state index in [1.807, 2.05) is 12.1 Å². The predicted octanol–water partition coefficient (Wildman–Crippen LogP) is 3.99. The van der Waals surface area contributed by atoms with Crippen molar-refractivity contribution in [2.75, 3.05) is 11.9 Å². The topological polar surface area (TPSA) is 38.1 Å². The fraction of sp³-hybridized carbons (Fsp3) is 0.188. The first-order valence-corrected chi connectivity index (χ1v) is 6.73. The zero-order valence-electron chi connectivity index (χ0n) is 10.8. The highest BCUT2D eigenvalue weighted by molar-refractivity contribution is 5.78. The average molecular weight is 268 g/mol. The third kappa shape index (κ3) is 1.76. The van der Waals surface area contributed by atoms with Gasteiger partial charge in [0.25, 0.3) is 0 Å². The summed E-state index contributed by atoms with van der Waals surface area (Å²) in [6.07, 6.45) is 2.10. The number of nitrogens with zero attached hydrogens (tertiary/aromatic N) is 1. The van der Waals surface area contributed by atoms with Gasteiger partial charge in [-0.05, 0) is 42.7 Å². The zero-order valence-corrected chi connectivity index (χ0v) is 10.8. The first kappa shape index (κ1) is 11.5. The molecular formula is C16H13FN2O. The minimum absolute atomic E-state index is 0.297. The van der Waals surface area contributed by atoms with Crippen LogP contribution in [0.3, 0.4) is 0 Å². The number of hydrogen-bond donors (Lipinski definition) is 1. The van der Waals surface area contributed by atoms with Crippen LogP contribution in [0.15, 0.2) is 40.8 Å². The number of benzene rings is 2. The number of aromatic nitrogens is 1. The Morgan fingerprint density at radius 2 is 2.15 bits per heavy atom. The molecule has 0 spiro atoms. The van der Waals surface area contributed by atoms with E-state index >= 15 is 0 Å². The number of nitrogens with one attached hydrogen (secondary N) is 1. The van der Waals surface area contributed by atoms with Crippen LogP contribution < -0.4 is 5.32 Å². The van der Waals surface area contributed by atoms with Gasteiger partial charge < -0.3 is 9.73 Å². The van der Waals surface area contributed by atoms with Crippen molar-refractivity contribution >= 4 is 16.8 Å². The summed E-state index contributed by atoms with van der Waals surface area (Å²) in [6, 6.07) is 10.5. The summed E-state index contributed by atoms with van der Waals surface area (Å²) in [5, 5.41) is 3.39. The largest absolute Gasteiger partial charge is 0.436 e. The van der Waals surface area contributed by atoms with Gasteiger partial charge in [-0.15, -0.1) is 0 Å². The number of halogens is 1. The summed E-state index contributed by atoms with van der Waals surface area (Å²) in [4.78, 5) is 4.42. The molecule has 4 heteroatoms. The maximum Gasteiger partial charge on any atom is 0.227 e. The molecule has 0 fully saturated rings. The lowest BCUT2D eigenvalue weighted by molar-refractivity contribution is 0.613. The first-order chi connectivity index (χ1) is 9.81. The lowest BCUT2D eigenvalue weighted by atomic mass is 9.97. The summed E-state index contributed by atoms with van der Waals surface area (Å²) >= 11 is 0. The molecule has 1 aliphatic rings. The Hall–Kier alpha value is -2.36. The van der Waals surface area contributed by atoms with Crippen LogP contribution in [0.2, 0.25) is 0 Å². The monoisotopic (exact) mass is 268 g/mol. The first-order valence-electron chi connectivity index (χ1n) is 6.73. The van der Waals surface area contributed by atoms with E-state index in [1.54, 1.807) is 6.07 Å². The van der Waals surface area contributed by atoms with Crippen LogP contribution in [-0.4, -0.2) is 11.5 Å². The van der Waals surface area contributed by atoms with Gasteiger partial charge in [-0.1, -0.05) is 6.07 Å². The number of fused-ring (bicyclic) bond motifs is 2. The normalized spacial score (nSPS) is 14.1. The maximum absolute atomic E-state index is 13.2. The van der Waals surface area contributed by atoms with Gasteiger partial charge in [-0.2, -0.15) is 0 Å². The van der Waals surface area contributed by atoms with Gasteiger partial charge in [-0.3, -0.25) is 0 Å². The summed E-state index contributed by atoms with van der Waals surface area (Å²) in [6.45, 7) is 0.995. The van der Waals surface area contributed by atoms with Crippen LogP contribution >= 0.6 is 0 Å². The van der Waals surface area contributed by atoms with Crippen molar-refractivity contribution in [3.05, 3.63) is 47.8 Å². The van der Waals surface area contributed by atoms with E-state index in [0.29, 0.717) is 17.0 Å². The van der Waals surface area contributed by atoms with Crippen LogP contribution in [0.25, 0.3) is 22.6 Å². The van der Waals surface area contributed by atoms with Crippen LogP contribution in [0.5, 0.6) is 0 Å². The van der Waals surface area contributed by atoms with E-state index in [4.69, 9.17) is 4.42 Å². The standard InChI is InChI=1S/C16H13FN2O/c17-10-6-7-15-14(9-10)19-16(20-15)12-3-1-5-13-11(12)4-2-8-18-13/h1,3,5-7,9,18H,2,4,8H2. The molecule has 4 rings (SSSR count). The van der Waals surface area contributed by atoms with Gasteiger partial charge in [0.1, 0.15) is 11.3 Å². The molecule has 2 aromatic carbocycles. The van der Waals surface area contributed by atoms with Crippen LogP contribution in [0.4, 0.5) is 10.1 Å². The van der Waals surface area contributed by atoms with E-state index in [0.717, 1.165) is 30.6 Å². The number of hydrogen-bond acceptors (Lipinski definition) is 3. The summed E-state index contributed by atoms with van der Waals surface area (Å²) < 4.78 is 19.0. The zero-order chi connectivity index (χ0) is 13.5. The van der Waals surface area contributed by atoms with Crippen LogP contribution in [0.1, 0.15) is 12.0 Å². The van der Waals surface area contributed by atoms with Crippen molar-refractivity contribution in [3.8, 4) is 11.5 Å². The smallest absolute Gasteiger partial charge is 0.227 e. The number of oxazole rings is 1. The Labute approximate surface area is 115 Å². The fourth-order valence-electron chi connectivity index (χ4n) is 2.73. The number of anilines is 1. The highest BCUT2D eigenvalue weighted by Crippen LogP contribution is 2.33. The molecule has 0 bridgehead atoms. The van der Waals surface area contributed by atoms with Crippen molar-refractivity contribution < 1.29 is 8.81 Å². The summed E-state index contributed by atoms with van der Waals surface area (Å²) in [5.74, 6) is 0.264. The van der Waals surface area contributed by atoms with Gasteiger partial charge in [0, 0.05) is 23.9 Å². The third-order valence-corrected chi connectivity index (χ3v) is 3.68. The molecule has 0 unspecified atom stereocenters. The molecule has 1 aromatic heterocycles. The van der Waals surface area contributed by atoms with Crippen molar-refractivity contribution in [1.82, 2.24) is 4.98 Å². The molecule has 0 radical (unpaired) electrons. The van der Waals surface area contributed by atoms with Crippen LogP contribution in [-0.2, 0) is 6.42 Å². The van der Waals surface area contributed by atoms with E-state index in [-0.39, 0.29) is 5.82 Å². The van der Waals surface area contributed by atoms with Gasteiger partial charge in [0.05, 0.1) is 0 Å². The second-order valence-electron chi connectivity index (χ2n) is 4.99. The SMILES string of the molecule is Fc1ccc2oc(-c3cccc4c3CCCN4)nc2c1. The molecule has 1 aliphatic heterocycles. The number of rotatable bonds is 1. The molecule has 0 saturated heterocycles. The fourth-order valence-corrected chi connectivity index (χ4v) is 2.73. The van der Waals surface area contributed by atoms with E-state index in [1.165, 1.54) is 17.7 Å². The molecule has 0 atom stereocenters. The molecule has 0 amide bonds.